The van der Waals surface area contributed by atoms with Crippen molar-refractivity contribution in [1.82, 2.24) is 10.2 Å². The second-order valence-corrected chi connectivity index (χ2v) is 4.74. The van der Waals surface area contributed by atoms with Crippen molar-refractivity contribution < 1.29 is 9.47 Å². The van der Waals surface area contributed by atoms with Crippen LogP contribution in [0.1, 0.15) is 24.5 Å². The molecule has 0 saturated heterocycles. The second-order valence-electron chi connectivity index (χ2n) is 4.74. The van der Waals surface area contributed by atoms with Crippen LogP contribution in [0.3, 0.4) is 0 Å². The molecule has 0 unspecified atom stereocenters. The van der Waals surface area contributed by atoms with Crippen molar-refractivity contribution >= 4 is 5.82 Å². The minimum atomic E-state index is 0.519. The van der Waals surface area contributed by atoms with E-state index in [0.717, 1.165) is 28.3 Å². The van der Waals surface area contributed by atoms with Gasteiger partial charge in [-0.05, 0) is 25.0 Å². The van der Waals surface area contributed by atoms with Crippen molar-refractivity contribution in [3.8, 4) is 22.6 Å². The molecule has 19 heavy (non-hydrogen) atoms. The van der Waals surface area contributed by atoms with E-state index < -0.39 is 0 Å². The highest BCUT2D eigenvalue weighted by Gasteiger charge is 2.30. The lowest BCUT2D eigenvalue weighted by Crippen LogP contribution is -1.94. The molecule has 0 bridgehead atoms. The largest absolute Gasteiger partial charge is 0.497 e. The molecule has 0 amide bonds. The fourth-order valence-electron chi connectivity index (χ4n) is 2.33. The summed E-state index contributed by atoms with van der Waals surface area (Å²) in [7, 11) is 3.28. The molecule has 100 valence electrons. The zero-order chi connectivity index (χ0) is 13.4. The molecule has 0 spiro atoms. The molecule has 5 nitrogen and oxygen atoms in total. The van der Waals surface area contributed by atoms with Gasteiger partial charge in [0, 0.05) is 23.2 Å². The third kappa shape index (κ3) is 2.01. The maximum absolute atomic E-state index is 6.00. The number of aromatic amines is 1. The molecule has 1 fully saturated rings. The quantitative estimate of drug-likeness (QED) is 0.885. The molecular weight excluding hydrogens is 242 g/mol. The van der Waals surface area contributed by atoms with Gasteiger partial charge < -0.3 is 15.2 Å². The smallest absolute Gasteiger partial charge is 0.153 e. The molecule has 2 aromatic rings. The number of hydrogen-bond donors (Lipinski definition) is 2. The first kappa shape index (κ1) is 11.9. The van der Waals surface area contributed by atoms with Crippen molar-refractivity contribution in [3.63, 3.8) is 0 Å². The number of H-pyrrole nitrogens is 1. The number of benzene rings is 1. The molecule has 0 atom stereocenters. The number of ether oxygens (including phenoxy) is 2. The van der Waals surface area contributed by atoms with E-state index in [2.05, 4.69) is 10.2 Å². The van der Waals surface area contributed by atoms with E-state index in [-0.39, 0.29) is 0 Å². The van der Waals surface area contributed by atoms with Gasteiger partial charge in [0.1, 0.15) is 11.5 Å². The predicted molar refractivity (Wildman–Crippen MR) is 73.5 cm³/mol. The van der Waals surface area contributed by atoms with Gasteiger partial charge in [-0.25, -0.2) is 0 Å². The maximum Gasteiger partial charge on any atom is 0.153 e. The summed E-state index contributed by atoms with van der Waals surface area (Å²) in [6.45, 7) is 0. The summed E-state index contributed by atoms with van der Waals surface area (Å²) in [5.41, 5.74) is 9.03. The molecule has 1 heterocycles. The number of rotatable bonds is 4. The van der Waals surface area contributed by atoms with E-state index in [0.29, 0.717) is 11.7 Å². The Morgan fingerprint density at radius 1 is 1.26 bits per heavy atom. The second kappa shape index (κ2) is 4.50. The van der Waals surface area contributed by atoms with Crippen LogP contribution >= 0.6 is 0 Å². The lowest BCUT2D eigenvalue weighted by atomic mass is 10.0. The molecular formula is C14H17N3O2. The van der Waals surface area contributed by atoms with Gasteiger partial charge in [0.15, 0.2) is 5.82 Å². The number of nitrogens with two attached hydrogens (primary N) is 1. The van der Waals surface area contributed by atoms with Crippen LogP contribution in [0.25, 0.3) is 11.1 Å². The summed E-state index contributed by atoms with van der Waals surface area (Å²) < 4.78 is 10.7. The lowest BCUT2D eigenvalue weighted by molar-refractivity contribution is 0.395. The Bertz CT molecular complexity index is 603. The number of aromatic nitrogens is 2. The fraction of sp³-hybridized carbons (Fsp3) is 0.357. The number of nitrogens with one attached hydrogen (secondary N) is 1. The van der Waals surface area contributed by atoms with E-state index in [1.165, 1.54) is 12.8 Å². The van der Waals surface area contributed by atoms with Crippen LogP contribution in [0, 0.1) is 0 Å². The highest BCUT2D eigenvalue weighted by atomic mass is 16.5. The Balaban J connectivity index is 2.13. The summed E-state index contributed by atoms with van der Waals surface area (Å²) in [5, 5.41) is 7.19. The molecule has 3 N–H and O–H groups in total. The first-order valence-corrected chi connectivity index (χ1v) is 6.30. The number of anilines is 1. The Morgan fingerprint density at radius 2 is 2.05 bits per heavy atom. The minimum Gasteiger partial charge on any atom is -0.497 e. The summed E-state index contributed by atoms with van der Waals surface area (Å²) >= 11 is 0. The minimum absolute atomic E-state index is 0.519. The molecule has 5 heteroatoms. The number of nitrogens with zero attached hydrogens (tertiary/aromatic N) is 1. The van der Waals surface area contributed by atoms with Crippen molar-refractivity contribution in [2.45, 2.75) is 18.8 Å². The molecule has 0 radical (unpaired) electrons. The monoisotopic (exact) mass is 259 g/mol. The Kier molecular flexibility index (Phi) is 2.81. The number of hydrogen-bond acceptors (Lipinski definition) is 4. The van der Waals surface area contributed by atoms with Crippen molar-refractivity contribution in [3.05, 3.63) is 23.9 Å². The van der Waals surface area contributed by atoms with Gasteiger partial charge in [-0.3, -0.25) is 5.10 Å². The fourth-order valence-corrected chi connectivity index (χ4v) is 2.33. The average Bonchev–Trinajstić information content (AvgIpc) is 3.21. The maximum atomic E-state index is 6.00. The molecule has 1 aliphatic carbocycles. The summed E-state index contributed by atoms with van der Waals surface area (Å²) in [6.07, 6.45) is 2.38. The first-order valence-electron chi connectivity index (χ1n) is 6.30. The molecule has 1 aromatic heterocycles. The van der Waals surface area contributed by atoms with Crippen LogP contribution in [-0.4, -0.2) is 24.4 Å². The summed E-state index contributed by atoms with van der Waals surface area (Å²) in [5.74, 6) is 2.57. The molecule has 1 aromatic carbocycles. The van der Waals surface area contributed by atoms with Crippen molar-refractivity contribution in [1.29, 1.82) is 0 Å². The Morgan fingerprint density at radius 3 is 2.68 bits per heavy atom. The van der Waals surface area contributed by atoms with E-state index >= 15 is 0 Å². The first-order chi connectivity index (χ1) is 9.24. The molecule has 3 rings (SSSR count). The molecule has 1 aliphatic rings. The van der Waals surface area contributed by atoms with Crippen LogP contribution in [0.2, 0.25) is 0 Å². The standard InChI is InChI=1S/C14H17N3O2/c1-18-9-5-6-10(11(7-9)19-2)12-13(8-3-4-8)16-17-14(12)15/h5-8H,3-4H2,1-2H3,(H3,15,16,17). The van der Waals surface area contributed by atoms with E-state index in [1.807, 2.05) is 18.2 Å². The molecule has 1 saturated carbocycles. The average molecular weight is 259 g/mol. The van der Waals surface area contributed by atoms with Gasteiger partial charge in [-0.15, -0.1) is 0 Å². The summed E-state index contributed by atoms with van der Waals surface area (Å²) in [6, 6.07) is 5.73. The molecule has 0 aliphatic heterocycles. The van der Waals surface area contributed by atoms with Gasteiger partial charge in [0.05, 0.1) is 19.8 Å². The third-order valence-corrected chi connectivity index (χ3v) is 3.49. The van der Waals surface area contributed by atoms with Gasteiger partial charge in [-0.1, -0.05) is 0 Å². The third-order valence-electron chi connectivity index (χ3n) is 3.49. The van der Waals surface area contributed by atoms with Gasteiger partial charge in [0.2, 0.25) is 0 Å². The van der Waals surface area contributed by atoms with Crippen LogP contribution in [0.5, 0.6) is 11.5 Å². The van der Waals surface area contributed by atoms with E-state index in [9.17, 15) is 0 Å². The van der Waals surface area contributed by atoms with Crippen LogP contribution < -0.4 is 15.2 Å². The normalized spacial score (nSPS) is 14.4. The topological polar surface area (TPSA) is 73.2 Å². The lowest BCUT2D eigenvalue weighted by Gasteiger charge is -2.11. The van der Waals surface area contributed by atoms with Crippen LogP contribution in [0.15, 0.2) is 18.2 Å². The van der Waals surface area contributed by atoms with Crippen LogP contribution in [0.4, 0.5) is 5.82 Å². The zero-order valence-electron chi connectivity index (χ0n) is 11.1. The Hall–Kier alpha value is -2.17. The number of methoxy groups -OCH3 is 2. The number of nitrogen functional groups attached to an aromatic ring is 1. The van der Waals surface area contributed by atoms with E-state index in [1.54, 1.807) is 14.2 Å². The summed E-state index contributed by atoms with van der Waals surface area (Å²) in [4.78, 5) is 0. The van der Waals surface area contributed by atoms with Crippen LogP contribution in [-0.2, 0) is 0 Å². The van der Waals surface area contributed by atoms with Gasteiger partial charge in [-0.2, -0.15) is 5.10 Å². The SMILES string of the molecule is COc1ccc(-c2c(N)n[nH]c2C2CC2)c(OC)c1. The van der Waals surface area contributed by atoms with Crippen molar-refractivity contribution in [2.75, 3.05) is 20.0 Å². The highest BCUT2D eigenvalue weighted by Crippen LogP contribution is 2.47. The highest BCUT2D eigenvalue weighted by molar-refractivity contribution is 5.81. The van der Waals surface area contributed by atoms with Gasteiger partial charge in [0.25, 0.3) is 0 Å². The van der Waals surface area contributed by atoms with Gasteiger partial charge >= 0.3 is 0 Å². The Labute approximate surface area is 111 Å². The van der Waals surface area contributed by atoms with Crippen molar-refractivity contribution in [2.24, 2.45) is 0 Å². The van der Waals surface area contributed by atoms with E-state index in [4.69, 9.17) is 15.2 Å². The zero-order valence-corrected chi connectivity index (χ0v) is 11.1. The predicted octanol–water partition coefficient (Wildman–Crippen LogP) is 2.55.